The van der Waals surface area contributed by atoms with Crippen LogP contribution in [-0.2, 0) is 6.61 Å². The molecule has 1 N–H and O–H groups in total. The van der Waals surface area contributed by atoms with Gasteiger partial charge in [0.25, 0.3) is 0 Å². The summed E-state index contributed by atoms with van der Waals surface area (Å²) in [5.41, 5.74) is 1.97. The molecule has 0 aromatic heterocycles. The summed E-state index contributed by atoms with van der Waals surface area (Å²) in [6, 6.07) is 13.4. The lowest BCUT2D eigenvalue weighted by Crippen LogP contribution is -1.98. The van der Waals surface area contributed by atoms with Crippen molar-refractivity contribution in [1.29, 1.82) is 0 Å². The number of halogens is 1. The Kier molecular flexibility index (Phi) is 5.65. The van der Waals surface area contributed by atoms with E-state index in [4.69, 9.17) is 9.47 Å². The van der Waals surface area contributed by atoms with Crippen molar-refractivity contribution in [2.75, 3.05) is 7.11 Å². The van der Waals surface area contributed by atoms with Crippen LogP contribution in [0.1, 0.15) is 30.6 Å². The van der Waals surface area contributed by atoms with Crippen LogP contribution in [0.4, 0.5) is 0 Å². The van der Waals surface area contributed by atoms with E-state index in [1.807, 2.05) is 49.4 Å². The molecular weight excluding hydrogens is 332 g/mol. The van der Waals surface area contributed by atoms with Crippen molar-refractivity contribution >= 4 is 15.9 Å². The van der Waals surface area contributed by atoms with Crippen molar-refractivity contribution in [3.8, 4) is 11.5 Å². The molecule has 3 nitrogen and oxygen atoms in total. The maximum Gasteiger partial charge on any atom is 0.133 e. The molecule has 0 saturated carbocycles. The molecule has 0 fully saturated rings. The predicted molar refractivity (Wildman–Crippen MR) is 86.7 cm³/mol. The lowest BCUT2D eigenvalue weighted by molar-refractivity contribution is 0.173. The van der Waals surface area contributed by atoms with Gasteiger partial charge in [0.2, 0.25) is 0 Å². The molecule has 0 saturated heterocycles. The van der Waals surface area contributed by atoms with Crippen molar-refractivity contribution in [2.45, 2.75) is 26.1 Å². The van der Waals surface area contributed by atoms with Crippen LogP contribution in [0.3, 0.4) is 0 Å². The average molecular weight is 351 g/mol. The molecule has 0 radical (unpaired) electrons. The molecule has 0 spiro atoms. The SMILES string of the molecule is CC[C@H](O)c1ccc(OCc2ccc(OC)c(Br)c2)cc1. The number of methoxy groups -OCH3 is 1. The van der Waals surface area contributed by atoms with E-state index in [9.17, 15) is 5.11 Å². The van der Waals surface area contributed by atoms with E-state index in [1.165, 1.54) is 0 Å². The topological polar surface area (TPSA) is 38.7 Å². The minimum atomic E-state index is -0.406. The van der Waals surface area contributed by atoms with Crippen molar-refractivity contribution in [2.24, 2.45) is 0 Å². The van der Waals surface area contributed by atoms with E-state index in [2.05, 4.69) is 15.9 Å². The number of benzene rings is 2. The highest BCUT2D eigenvalue weighted by molar-refractivity contribution is 9.10. The number of hydrogen-bond acceptors (Lipinski definition) is 3. The van der Waals surface area contributed by atoms with Gasteiger partial charge in [-0.15, -0.1) is 0 Å². The lowest BCUT2D eigenvalue weighted by Gasteiger charge is -2.11. The zero-order valence-electron chi connectivity index (χ0n) is 12.2. The van der Waals surface area contributed by atoms with Crippen LogP contribution in [0.25, 0.3) is 0 Å². The second-order valence-corrected chi connectivity index (χ2v) is 5.60. The van der Waals surface area contributed by atoms with Crippen LogP contribution in [0, 0.1) is 0 Å². The molecule has 0 bridgehead atoms. The van der Waals surface area contributed by atoms with E-state index in [0.29, 0.717) is 13.0 Å². The van der Waals surface area contributed by atoms with Gasteiger partial charge in [-0.3, -0.25) is 0 Å². The van der Waals surface area contributed by atoms with Crippen molar-refractivity contribution < 1.29 is 14.6 Å². The van der Waals surface area contributed by atoms with E-state index >= 15 is 0 Å². The Labute approximate surface area is 133 Å². The summed E-state index contributed by atoms with van der Waals surface area (Å²) in [5, 5.41) is 9.75. The maximum absolute atomic E-state index is 9.75. The second-order valence-electron chi connectivity index (χ2n) is 4.75. The average Bonchev–Trinajstić information content (AvgIpc) is 2.52. The lowest BCUT2D eigenvalue weighted by atomic mass is 10.1. The summed E-state index contributed by atoms with van der Waals surface area (Å²) in [6.07, 6.45) is 0.302. The number of ether oxygens (including phenoxy) is 2. The van der Waals surface area contributed by atoms with Gasteiger partial charge in [-0.1, -0.05) is 25.1 Å². The summed E-state index contributed by atoms with van der Waals surface area (Å²) >= 11 is 3.46. The fourth-order valence-electron chi connectivity index (χ4n) is 1.99. The molecule has 112 valence electrons. The Balaban J connectivity index is 1.98. The minimum absolute atomic E-state index is 0.406. The summed E-state index contributed by atoms with van der Waals surface area (Å²) in [5.74, 6) is 1.59. The molecule has 0 aliphatic carbocycles. The molecular formula is C17H19BrO3. The van der Waals surface area contributed by atoms with Gasteiger partial charge in [0, 0.05) is 0 Å². The second kappa shape index (κ2) is 7.48. The third-order valence-corrected chi connectivity index (χ3v) is 3.89. The fourth-order valence-corrected chi connectivity index (χ4v) is 2.58. The Bertz CT molecular complexity index is 581. The van der Waals surface area contributed by atoms with Gasteiger partial charge in [-0.25, -0.2) is 0 Å². The Morgan fingerprint density at radius 1 is 1.14 bits per heavy atom. The van der Waals surface area contributed by atoms with E-state index in [-0.39, 0.29) is 0 Å². The smallest absolute Gasteiger partial charge is 0.133 e. The quantitative estimate of drug-likeness (QED) is 0.834. The third-order valence-electron chi connectivity index (χ3n) is 3.27. The van der Waals surface area contributed by atoms with Crippen LogP contribution in [0.5, 0.6) is 11.5 Å². The minimum Gasteiger partial charge on any atom is -0.496 e. The molecule has 2 aromatic rings. The summed E-state index contributed by atoms with van der Waals surface area (Å²) in [4.78, 5) is 0. The molecule has 0 unspecified atom stereocenters. The van der Waals surface area contributed by atoms with E-state index in [0.717, 1.165) is 27.1 Å². The number of aliphatic hydroxyl groups excluding tert-OH is 1. The van der Waals surface area contributed by atoms with Crippen molar-refractivity contribution in [3.05, 3.63) is 58.1 Å². The summed E-state index contributed by atoms with van der Waals surface area (Å²) in [6.45, 7) is 2.44. The number of rotatable bonds is 6. The molecule has 0 aliphatic rings. The van der Waals surface area contributed by atoms with Crippen molar-refractivity contribution in [1.82, 2.24) is 0 Å². The van der Waals surface area contributed by atoms with Gasteiger partial charge in [-0.2, -0.15) is 0 Å². The Hall–Kier alpha value is -1.52. The van der Waals surface area contributed by atoms with Gasteiger partial charge in [0.15, 0.2) is 0 Å². The number of aliphatic hydroxyl groups is 1. The standard InChI is InChI=1S/C17H19BrO3/c1-3-16(19)13-5-7-14(8-6-13)21-11-12-4-9-17(20-2)15(18)10-12/h4-10,16,19H,3,11H2,1-2H3/t16-/m0/s1. The molecule has 0 aliphatic heterocycles. The van der Waals surface area contributed by atoms with E-state index in [1.54, 1.807) is 7.11 Å². The zero-order chi connectivity index (χ0) is 15.2. The predicted octanol–water partition coefficient (Wildman–Crippen LogP) is 4.48. The van der Waals surface area contributed by atoms with Gasteiger partial charge in [-0.05, 0) is 57.7 Å². The van der Waals surface area contributed by atoms with Crippen LogP contribution in [0.2, 0.25) is 0 Å². The number of hydrogen-bond donors (Lipinski definition) is 1. The molecule has 1 atom stereocenters. The first kappa shape index (κ1) is 15.9. The van der Waals surface area contributed by atoms with Crippen LogP contribution < -0.4 is 9.47 Å². The summed E-state index contributed by atoms with van der Waals surface area (Å²) < 4.78 is 11.9. The highest BCUT2D eigenvalue weighted by Crippen LogP contribution is 2.26. The highest BCUT2D eigenvalue weighted by atomic mass is 79.9. The van der Waals surface area contributed by atoms with Crippen LogP contribution in [0.15, 0.2) is 46.9 Å². The summed E-state index contributed by atoms with van der Waals surface area (Å²) in [7, 11) is 1.64. The van der Waals surface area contributed by atoms with Crippen LogP contribution >= 0.6 is 15.9 Å². The molecule has 0 amide bonds. The first-order chi connectivity index (χ1) is 10.1. The fraction of sp³-hybridized carbons (Fsp3) is 0.294. The first-order valence-corrected chi connectivity index (χ1v) is 7.66. The van der Waals surface area contributed by atoms with Gasteiger partial charge < -0.3 is 14.6 Å². The van der Waals surface area contributed by atoms with Gasteiger partial charge in [0.05, 0.1) is 17.7 Å². The van der Waals surface area contributed by atoms with E-state index < -0.39 is 6.10 Å². The molecule has 4 heteroatoms. The monoisotopic (exact) mass is 350 g/mol. The Morgan fingerprint density at radius 2 is 1.86 bits per heavy atom. The Morgan fingerprint density at radius 3 is 2.43 bits per heavy atom. The zero-order valence-corrected chi connectivity index (χ0v) is 13.8. The first-order valence-electron chi connectivity index (χ1n) is 6.87. The van der Waals surface area contributed by atoms with Crippen molar-refractivity contribution in [3.63, 3.8) is 0 Å². The van der Waals surface area contributed by atoms with Gasteiger partial charge in [0.1, 0.15) is 18.1 Å². The normalized spacial score (nSPS) is 12.0. The van der Waals surface area contributed by atoms with Crippen LogP contribution in [-0.4, -0.2) is 12.2 Å². The molecule has 2 aromatic carbocycles. The molecule has 21 heavy (non-hydrogen) atoms. The molecule has 0 heterocycles. The third kappa shape index (κ3) is 4.22. The largest absolute Gasteiger partial charge is 0.496 e. The highest BCUT2D eigenvalue weighted by Gasteiger charge is 2.05. The van der Waals surface area contributed by atoms with Gasteiger partial charge >= 0.3 is 0 Å². The maximum atomic E-state index is 9.75. The molecule has 2 rings (SSSR count).